The molecule has 0 aliphatic heterocycles. The minimum atomic E-state index is -0.342. The molecule has 2 rings (SSSR count). The summed E-state index contributed by atoms with van der Waals surface area (Å²) >= 11 is 0. The monoisotopic (exact) mass is 339 g/mol. The van der Waals surface area contributed by atoms with Crippen LogP contribution in [0.4, 0.5) is 5.69 Å². The minimum Gasteiger partial charge on any atom is -0.494 e. The van der Waals surface area contributed by atoms with Gasteiger partial charge in [-0.2, -0.15) is 5.10 Å². The fourth-order valence-corrected chi connectivity index (χ4v) is 2.08. The highest BCUT2D eigenvalue weighted by Gasteiger charge is 2.07. The Morgan fingerprint density at radius 2 is 1.72 bits per heavy atom. The Labute approximate surface area is 146 Å². The Bertz CT molecular complexity index is 740. The Balaban J connectivity index is 1.85. The molecule has 2 aromatic rings. The lowest BCUT2D eigenvalue weighted by molar-refractivity contribution is -0.115. The van der Waals surface area contributed by atoms with Gasteiger partial charge < -0.3 is 10.1 Å². The van der Waals surface area contributed by atoms with Crippen molar-refractivity contribution in [3.8, 4) is 5.75 Å². The normalized spacial score (nSPS) is 10.9. The summed E-state index contributed by atoms with van der Waals surface area (Å²) in [5, 5.41) is 6.73. The van der Waals surface area contributed by atoms with Crippen molar-refractivity contribution >= 4 is 23.2 Å². The van der Waals surface area contributed by atoms with Gasteiger partial charge >= 0.3 is 0 Å². The highest BCUT2D eigenvalue weighted by atomic mass is 16.5. The average Bonchev–Trinajstić information content (AvgIpc) is 2.61. The molecule has 0 bridgehead atoms. The van der Waals surface area contributed by atoms with Crippen molar-refractivity contribution in [2.24, 2.45) is 5.10 Å². The van der Waals surface area contributed by atoms with E-state index in [1.165, 1.54) is 0 Å². The van der Waals surface area contributed by atoms with Crippen LogP contribution < -0.4 is 15.5 Å². The predicted molar refractivity (Wildman–Crippen MR) is 97.9 cm³/mol. The summed E-state index contributed by atoms with van der Waals surface area (Å²) < 4.78 is 5.33. The van der Waals surface area contributed by atoms with Crippen LogP contribution in [0, 0.1) is 0 Å². The number of nitrogens with one attached hydrogen (secondary N) is 2. The number of ether oxygens (including phenoxy) is 1. The van der Waals surface area contributed by atoms with E-state index >= 15 is 0 Å². The van der Waals surface area contributed by atoms with E-state index in [1.54, 1.807) is 43.3 Å². The van der Waals surface area contributed by atoms with Gasteiger partial charge in [-0.3, -0.25) is 9.59 Å². The molecule has 0 unspecified atom stereocenters. The summed E-state index contributed by atoms with van der Waals surface area (Å²) in [6.45, 7) is 4.15. The van der Waals surface area contributed by atoms with Crippen molar-refractivity contribution < 1.29 is 14.3 Å². The first-order valence-electron chi connectivity index (χ1n) is 7.99. The molecule has 0 aliphatic rings. The first-order valence-corrected chi connectivity index (χ1v) is 7.99. The van der Waals surface area contributed by atoms with E-state index in [4.69, 9.17) is 4.74 Å². The summed E-state index contributed by atoms with van der Waals surface area (Å²) in [7, 11) is 0. The number of rotatable bonds is 7. The zero-order chi connectivity index (χ0) is 18.1. The van der Waals surface area contributed by atoms with Crippen molar-refractivity contribution in [1.29, 1.82) is 0 Å². The maximum atomic E-state index is 12.0. The van der Waals surface area contributed by atoms with Gasteiger partial charge in [-0.1, -0.05) is 18.2 Å². The van der Waals surface area contributed by atoms with Crippen molar-refractivity contribution in [3.05, 3.63) is 60.2 Å². The molecule has 0 saturated heterocycles. The highest BCUT2D eigenvalue weighted by molar-refractivity contribution is 6.06. The molecular weight excluding hydrogens is 318 g/mol. The van der Waals surface area contributed by atoms with Crippen LogP contribution in [0.5, 0.6) is 5.75 Å². The number of hydrogen-bond donors (Lipinski definition) is 2. The molecule has 0 aromatic heterocycles. The molecule has 0 radical (unpaired) electrons. The third-order valence-corrected chi connectivity index (χ3v) is 3.25. The van der Waals surface area contributed by atoms with Gasteiger partial charge in [0, 0.05) is 17.0 Å². The largest absolute Gasteiger partial charge is 0.494 e. The van der Waals surface area contributed by atoms with Crippen molar-refractivity contribution in [2.75, 3.05) is 11.9 Å². The highest BCUT2D eigenvalue weighted by Crippen LogP contribution is 2.12. The van der Waals surface area contributed by atoms with Gasteiger partial charge in [0.25, 0.3) is 5.91 Å². The summed E-state index contributed by atoms with van der Waals surface area (Å²) in [6, 6.07) is 15.9. The number of hydrazone groups is 1. The zero-order valence-electron chi connectivity index (χ0n) is 14.3. The summed E-state index contributed by atoms with van der Waals surface area (Å²) in [6.07, 6.45) is 0.0957. The molecule has 0 spiro atoms. The molecule has 2 N–H and O–H groups in total. The van der Waals surface area contributed by atoms with Gasteiger partial charge in [0.15, 0.2) is 0 Å². The van der Waals surface area contributed by atoms with E-state index in [2.05, 4.69) is 15.8 Å². The molecule has 0 fully saturated rings. The van der Waals surface area contributed by atoms with E-state index in [9.17, 15) is 9.59 Å². The fourth-order valence-electron chi connectivity index (χ4n) is 2.08. The third kappa shape index (κ3) is 6.10. The van der Waals surface area contributed by atoms with E-state index < -0.39 is 0 Å². The molecule has 6 heteroatoms. The number of carbonyl (C=O) groups excluding carboxylic acids is 2. The second-order valence-corrected chi connectivity index (χ2v) is 5.34. The number of para-hydroxylation sites is 1. The zero-order valence-corrected chi connectivity index (χ0v) is 14.3. The topological polar surface area (TPSA) is 79.8 Å². The van der Waals surface area contributed by atoms with Crippen LogP contribution in [0.1, 0.15) is 30.6 Å². The molecule has 2 aromatic carbocycles. The molecular formula is C19H21N3O3. The van der Waals surface area contributed by atoms with Gasteiger partial charge in [0.1, 0.15) is 5.75 Å². The lowest BCUT2D eigenvalue weighted by Crippen LogP contribution is -2.21. The maximum Gasteiger partial charge on any atom is 0.271 e. The van der Waals surface area contributed by atoms with Crippen molar-refractivity contribution in [1.82, 2.24) is 5.43 Å². The second-order valence-electron chi connectivity index (χ2n) is 5.34. The first kappa shape index (κ1) is 18.2. The molecule has 0 heterocycles. The van der Waals surface area contributed by atoms with Crippen LogP contribution >= 0.6 is 0 Å². The average molecular weight is 339 g/mol. The van der Waals surface area contributed by atoms with E-state index in [-0.39, 0.29) is 18.2 Å². The number of anilines is 1. The standard InChI is InChI=1S/C19H21N3O3/c1-3-25-17-11-9-15(10-12-17)19(24)22-21-14(2)13-18(23)20-16-7-5-4-6-8-16/h4-12H,3,13H2,1-2H3,(H,20,23)(H,22,24)/b21-14+. The Morgan fingerprint density at radius 3 is 2.36 bits per heavy atom. The first-order chi connectivity index (χ1) is 12.1. The number of carbonyl (C=O) groups is 2. The minimum absolute atomic E-state index is 0.0957. The van der Waals surface area contributed by atoms with Gasteiger partial charge in [-0.25, -0.2) is 5.43 Å². The number of hydrogen-bond acceptors (Lipinski definition) is 4. The van der Waals surface area contributed by atoms with Gasteiger partial charge in [0.2, 0.25) is 5.91 Å². The van der Waals surface area contributed by atoms with Crippen LogP contribution in [-0.2, 0) is 4.79 Å². The fraction of sp³-hybridized carbons (Fsp3) is 0.211. The van der Waals surface area contributed by atoms with E-state index in [0.29, 0.717) is 23.6 Å². The molecule has 6 nitrogen and oxygen atoms in total. The van der Waals surface area contributed by atoms with Crippen molar-refractivity contribution in [2.45, 2.75) is 20.3 Å². The number of benzene rings is 2. The molecule has 0 saturated carbocycles. The van der Waals surface area contributed by atoms with Gasteiger partial charge in [-0.05, 0) is 50.2 Å². The number of amides is 2. The van der Waals surface area contributed by atoms with Gasteiger partial charge in [0.05, 0.1) is 13.0 Å². The lowest BCUT2D eigenvalue weighted by atomic mass is 10.2. The summed E-state index contributed by atoms with van der Waals surface area (Å²) in [4.78, 5) is 24.0. The van der Waals surface area contributed by atoms with Crippen LogP contribution in [0.2, 0.25) is 0 Å². The summed E-state index contributed by atoms with van der Waals surface area (Å²) in [5.74, 6) is 0.171. The molecule has 130 valence electrons. The maximum absolute atomic E-state index is 12.0. The van der Waals surface area contributed by atoms with Crippen LogP contribution in [0.3, 0.4) is 0 Å². The number of nitrogens with zero attached hydrogens (tertiary/aromatic N) is 1. The lowest BCUT2D eigenvalue weighted by Gasteiger charge is -2.06. The van der Waals surface area contributed by atoms with Crippen molar-refractivity contribution in [3.63, 3.8) is 0 Å². The summed E-state index contributed by atoms with van der Waals surface area (Å²) in [5.41, 5.74) is 4.14. The predicted octanol–water partition coefficient (Wildman–Crippen LogP) is 3.22. The third-order valence-electron chi connectivity index (χ3n) is 3.25. The molecule has 0 aliphatic carbocycles. The molecule has 2 amide bonds. The van der Waals surface area contributed by atoms with Crippen LogP contribution in [0.15, 0.2) is 59.7 Å². The van der Waals surface area contributed by atoms with E-state index in [1.807, 2.05) is 25.1 Å². The Kier molecular flexibility index (Phi) is 6.71. The molecule has 0 atom stereocenters. The smallest absolute Gasteiger partial charge is 0.271 e. The van der Waals surface area contributed by atoms with Crippen LogP contribution in [0.25, 0.3) is 0 Å². The van der Waals surface area contributed by atoms with E-state index in [0.717, 1.165) is 5.69 Å². The Hall–Kier alpha value is -3.15. The van der Waals surface area contributed by atoms with Gasteiger partial charge in [-0.15, -0.1) is 0 Å². The SMILES string of the molecule is CCOc1ccc(C(=O)N/N=C(\C)CC(=O)Nc2ccccc2)cc1. The quantitative estimate of drug-likeness (QED) is 0.600. The Morgan fingerprint density at radius 1 is 1.04 bits per heavy atom. The second kappa shape index (κ2) is 9.22. The molecule has 25 heavy (non-hydrogen) atoms. The van der Waals surface area contributed by atoms with Crippen LogP contribution in [-0.4, -0.2) is 24.1 Å².